The average molecular weight is 378 g/mol. The van der Waals surface area contributed by atoms with Crippen LogP contribution in [0, 0.1) is 19.8 Å². The zero-order valence-corrected chi connectivity index (χ0v) is 16.9. The molecule has 6 heteroatoms. The predicted molar refractivity (Wildman–Crippen MR) is 109 cm³/mol. The van der Waals surface area contributed by atoms with E-state index in [0.29, 0.717) is 11.4 Å². The van der Waals surface area contributed by atoms with Gasteiger partial charge in [0.25, 0.3) is 5.91 Å². The van der Waals surface area contributed by atoms with Gasteiger partial charge in [0.05, 0.1) is 24.5 Å². The van der Waals surface area contributed by atoms with E-state index >= 15 is 0 Å². The Hall–Kier alpha value is -3.15. The topological polar surface area (TPSA) is 69.0 Å². The lowest BCUT2D eigenvalue weighted by Gasteiger charge is -2.22. The van der Waals surface area contributed by atoms with Crippen molar-refractivity contribution in [3.8, 4) is 11.4 Å². The minimum absolute atomic E-state index is 0.137. The highest BCUT2D eigenvalue weighted by Crippen LogP contribution is 2.24. The molecule has 0 bridgehead atoms. The molecule has 1 unspecified atom stereocenters. The van der Waals surface area contributed by atoms with Crippen molar-refractivity contribution >= 4 is 5.91 Å². The summed E-state index contributed by atoms with van der Waals surface area (Å²) in [5.41, 5.74) is 4.11. The molecular weight excluding hydrogens is 352 g/mol. The number of hydrogen-bond donors (Lipinski definition) is 1. The Labute approximate surface area is 165 Å². The van der Waals surface area contributed by atoms with E-state index < -0.39 is 0 Å². The first-order valence-corrected chi connectivity index (χ1v) is 9.35. The number of rotatable bonds is 6. The van der Waals surface area contributed by atoms with Gasteiger partial charge in [0.15, 0.2) is 5.69 Å². The highest BCUT2D eigenvalue weighted by molar-refractivity contribution is 5.93. The molecule has 28 heavy (non-hydrogen) atoms. The summed E-state index contributed by atoms with van der Waals surface area (Å²) in [6.45, 7) is 8.03. The monoisotopic (exact) mass is 378 g/mol. The lowest BCUT2D eigenvalue weighted by Crippen LogP contribution is -2.32. The molecule has 0 saturated heterocycles. The first-order chi connectivity index (χ1) is 13.4. The van der Waals surface area contributed by atoms with E-state index in [-0.39, 0.29) is 17.9 Å². The van der Waals surface area contributed by atoms with E-state index in [9.17, 15) is 4.79 Å². The molecule has 3 rings (SSSR count). The number of aromatic nitrogens is 3. The van der Waals surface area contributed by atoms with Crippen molar-refractivity contribution in [2.75, 3.05) is 7.11 Å². The normalized spacial score (nSPS) is 12.1. The lowest BCUT2D eigenvalue weighted by molar-refractivity contribution is 0.0919. The first-order valence-electron chi connectivity index (χ1n) is 9.35. The van der Waals surface area contributed by atoms with Crippen molar-refractivity contribution in [1.82, 2.24) is 20.3 Å². The molecular formula is C22H26N4O2. The molecule has 0 aliphatic carbocycles. The average Bonchev–Trinajstić information content (AvgIpc) is 3.08. The second-order valence-electron chi connectivity index (χ2n) is 7.24. The molecule has 1 N–H and O–H groups in total. The van der Waals surface area contributed by atoms with Crippen LogP contribution in [0.15, 0.2) is 48.5 Å². The van der Waals surface area contributed by atoms with Crippen LogP contribution >= 0.6 is 0 Å². The number of carbonyl (C=O) groups is 1. The van der Waals surface area contributed by atoms with Gasteiger partial charge in [-0.2, -0.15) is 0 Å². The van der Waals surface area contributed by atoms with Gasteiger partial charge in [-0.1, -0.05) is 48.9 Å². The van der Waals surface area contributed by atoms with Crippen LogP contribution in [0.4, 0.5) is 0 Å². The molecule has 1 heterocycles. The van der Waals surface area contributed by atoms with Gasteiger partial charge in [0.1, 0.15) is 5.75 Å². The fourth-order valence-corrected chi connectivity index (χ4v) is 3.13. The summed E-state index contributed by atoms with van der Waals surface area (Å²) in [5, 5.41) is 11.4. The highest BCUT2D eigenvalue weighted by Gasteiger charge is 2.23. The maximum Gasteiger partial charge on any atom is 0.274 e. The van der Waals surface area contributed by atoms with Gasteiger partial charge in [-0.15, -0.1) is 5.10 Å². The number of aryl methyl sites for hydroxylation is 1. The summed E-state index contributed by atoms with van der Waals surface area (Å²) < 4.78 is 6.91. The number of nitrogens with one attached hydrogen (secondary N) is 1. The lowest BCUT2D eigenvalue weighted by atomic mass is 9.95. The zero-order chi connectivity index (χ0) is 20.3. The quantitative estimate of drug-likeness (QED) is 0.703. The highest BCUT2D eigenvalue weighted by atomic mass is 16.5. The van der Waals surface area contributed by atoms with Crippen molar-refractivity contribution in [2.24, 2.45) is 5.92 Å². The van der Waals surface area contributed by atoms with Gasteiger partial charge < -0.3 is 10.1 Å². The Kier molecular flexibility index (Phi) is 5.78. The van der Waals surface area contributed by atoms with Gasteiger partial charge in [-0.05, 0) is 49.6 Å². The zero-order valence-electron chi connectivity index (χ0n) is 16.9. The minimum Gasteiger partial charge on any atom is -0.497 e. The van der Waals surface area contributed by atoms with Crippen molar-refractivity contribution < 1.29 is 9.53 Å². The summed E-state index contributed by atoms with van der Waals surface area (Å²) >= 11 is 0. The van der Waals surface area contributed by atoms with E-state index in [1.807, 2.05) is 62.4 Å². The third kappa shape index (κ3) is 4.06. The molecule has 3 aromatic rings. The van der Waals surface area contributed by atoms with Gasteiger partial charge >= 0.3 is 0 Å². The Morgan fingerprint density at radius 1 is 1.04 bits per heavy atom. The Morgan fingerprint density at radius 3 is 2.25 bits per heavy atom. The van der Waals surface area contributed by atoms with Crippen molar-refractivity contribution in [2.45, 2.75) is 33.7 Å². The second kappa shape index (κ2) is 8.25. The third-order valence-electron chi connectivity index (χ3n) is 4.82. The number of carbonyl (C=O) groups excluding carboxylic acids is 1. The first kappa shape index (κ1) is 19.6. The molecule has 1 atom stereocenters. The van der Waals surface area contributed by atoms with Crippen LogP contribution in [-0.2, 0) is 0 Å². The molecule has 146 valence electrons. The SMILES string of the molecule is COc1ccc(C(NC(=O)c2nnn(-c3ccc(C)cc3)c2C)C(C)C)cc1. The van der Waals surface area contributed by atoms with Gasteiger partial charge in [-0.25, -0.2) is 4.68 Å². The molecule has 0 spiro atoms. The molecule has 1 amide bonds. The third-order valence-corrected chi connectivity index (χ3v) is 4.82. The molecule has 1 aromatic heterocycles. The molecule has 0 fully saturated rings. The maximum atomic E-state index is 12.9. The molecule has 0 aliphatic heterocycles. The largest absolute Gasteiger partial charge is 0.497 e. The second-order valence-corrected chi connectivity index (χ2v) is 7.24. The van der Waals surface area contributed by atoms with Crippen molar-refractivity contribution in [3.05, 3.63) is 71.0 Å². The Bertz CT molecular complexity index is 944. The summed E-state index contributed by atoms with van der Waals surface area (Å²) in [5.74, 6) is 0.768. The van der Waals surface area contributed by atoms with Gasteiger partial charge in [0, 0.05) is 0 Å². The number of ether oxygens (including phenoxy) is 1. The number of methoxy groups -OCH3 is 1. The van der Waals surface area contributed by atoms with Crippen LogP contribution in [0.1, 0.15) is 47.2 Å². The Balaban J connectivity index is 1.83. The number of amides is 1. The molecule has 0 aliphatic rings. The van der Waals surface area contributed by atoms with Crippen LogP contribution in [-0.4, -0.2) is 28.0 Å². The van der Waals surface area contributed by atoms with Crippen LogP contribution in [0.5, 0.6) is 5.75 Å². The van der Waals surface area contributed by atoms with Crippen LogP contribution in [0.25, 0.3) is 5.69 Å². The number of benzene rings is 2. The van der Waals surface area contributed by atoms with E-state index in [2.05, 4.69) is 29.5 Å². The van der Waals surface area contributed by atoms with Gasteiger partial charge in [0.2, 0.25) is 0 Å². The molecule has 0 saturated carbocycles. The maximum absolute atomic E-state index is 12.9. The van der Waals surface area contributed by atoms with Crippen LogP contribution in [0.2, 0.25) is 0 Å². The van der Waals surface area contributed by atoms with E-state index in [1.54, 1.807) is 11.8 Å². The van der Waals surface area contributed by atoms with Gasteiger partial charge in [-0.3, -0.25) is 4.79 Å². The summed E-state index contributed by atoms with van der Waals surface area (Å²) in [6.07, 6.45) is 0. The smallest absolute Gasteiger partial charge is 0.274 e. The van der Waals surface area contributed by atoms with E-state index in [0.717, 1.165) is 17.0 Å². The Morgan fingerprint density at radius 2 is 1.68 bits per heavy atom. The standard InChI is InChI=1S/C22H26N4O2/c1-14(2)20(17-8-12-19(28-5)13-9-17)23-22(27)21-16(4)26(25-24-21)18-10-6-15(3)7-11-18/h6-14,20H,1-5H3,(H,23,27). The summed E-state index contributed by atoms with van der Waals surface area (Å²) in [6, 6.07) is 15.6. The molecule has 0 radical (unpaired) electrons. The molecule has 2 aromatic carbocycles. The molecule has 6 nitrogen and oxygen atoms in total. The number of nitrogens with zero attached hydrogens (tertiary/aromatic N) is 3. The fraction of sp³-hybridized carbons (Fsp3) is 0.318. The van der Waals surface area contributed by atoms with E-state index in [4.69, 9.17) is 4.74 Å². The minimum atomic E-state index is -0.231. The van der Waals surface area contributed by atoms with Crippen LogP contribution < -0.4 is 10.1 Å². The number of hydrogen-bond acceptors (Lipinski definition) is 4. The van der Waals surface area contributed by atoms with Crippen molar-refractivity contribution in [3.63, 3.8) is 0 Å². The van der Waals surface area contributed by atoms with Crippen LogP contribution in [0.3, 0.4) is 0 Å². The summed E-state index contributed by atoms with van der Waals surface area (Å²) in [4.78, 5) is 12.9. The van der Waals surface area contributed by atoms with Crippen molar-refractivity contribution in [1.29, 1.82) is 0 Å². The van der Waals surface area contributed by atoms with E-state index in [1.165, 1.54) is 5.56 Å². The summed E-state index contributed by atoms with van der Waals surface area (Å²) in [7, 11) is 1.64. The predicted octanol–water partition coefficient (Wildman–Crippen LogP) is 4.02. The fourth-order valence-electron chi connectivity index (χ4n) is 3.13.